The molecule has 1 aromatic carbocycles. The van der Waals surface area contributed by atoms with Crippen molar-refractivity contribution in [2.45, 2.75) is 51.9 Å². The molecule has 0 unspecified atom stereocenters. The summed E-state index contributed by atoms with van der Waals surface area (Å²) in [5.41, 5.74) is 0.633. The van der Waals surface area contributed by atoms with E-state index in [2.05, 4.69) is 33.9 Å². The Morgan fingerprint density at radius 1 is 1.32 bits per heavy atom. The summed E-state index contributed by atoms with van der Waals surface area (Å²) in [6.45, 7) is 13.6. The van der Waals surface area contributed by atoms with Crippen molar-refractivity contribution in [2.75, 3.05) is 13.2 Å². The molecule has 1 atom stereocenters. The van der Waals surface area contributed by atoms with Gasteiger partial charge in [-0.2, -0.15) is 0 Å². The number of benzene rings is 1. The number of ketones is 1. The Kier molecular flexibility index (Phi) is 4.68. The predicted octanol–water partition coefficient (Wildman–Crippen LogP) is 4.05. The van der Waals surface area contributed by atoms with Gasteiger partial charge in [-0.1, -0.05) is 20.8 Å². The second-order valence-corrected chi connectivity index (χ2v) is 12.1. The number of ether oxygens (including phenoxy) is 2. The van der Waals surface area contributed by atoms with Crippen molar-refractivity contribution in [3.05, 3.63) is 23.8 Å². The van der Waals surface area contributed by atoms with Crippen LogP contribution in [0.1, 0.15) is 38.1 Å². The lowest BCUT2D eigenvalue weighted by Gasteiger charge is -2.37. The summed E-state index contributed by atoms with van der Waals surface area (Å²) in [6.07, 6.45) is -0.135. The van der Waals surface area contributed by atoms with Gasteiger partial charge in [-0.3, -0.25) is 4.79 Å². The molecule has 0 spiro atoms. The normalized spacial score (nSPS) is 18.2. The molecular formula is C17H26O4Si. The first kappa shape index (κ1) is 17.0. The predicted molar refractivity (Wildman–Crippen MR) is 89.5 cm³/mol. The van der Waals surface area contributed by atoms with Crippen molar-refractivity contribution in [3.8, 4) is 11.5 Å². The standard InChI is InChI=1S/C17H26O4Si/c1-12(18)13-7-8-15-16(9-13)21-14(10-19-15)11-20-22(5,6)17(2,3)4/h7-9,14H,10-11H2,1-6H3/t14-/m1/s1. The molecule has 0 radical (unpaired) electrons. The first-order valence-corrected chi connectivity index (χ1v) is 10.6. The zero-order chi connectivity index (χ0) is 16.5. The Bertz CT molecular complexity index is 560. The molecule has 2 rings (SSSR count). The lowest BCUT2D eigenvalue weighted by molar-refractivity contribution is 0.0491. The second kappa shape index (κ2) is 6.05. The first-order chi connectivity index (χ1) is 10.1. The van der Waals surface area contributed by atoms with E-state index in [-0.39, 0.29) is 16.9 Å². The summed E-state index contributed by atoms with van der Waals surface area (Å²) < 4.78 is 17.9. The van der Waals surface area contributed by atoms with Crippen molar-refractivity contribution in [3.63, 3.8) is 0 Å². The third kappa shape index (κ3) is 3.70. The van der Waals surface area contributed by atoms with Gasteiger partial charge in [-0.05, 0) is 43.3 Å². The van der Waals surface area contributed by atoms with Crippen molar-refractivity contribution >= 4 is 14.1 Å². The van der Waals surface area contributed by atoms with E-state index in [0.29, 0.717) is 30.3 Å². The maximum Gasteiger partial charge on any atom is 0.192 e. The van der Waals surface area contributed by atoms with Crippen LogP contribution in [-0.2, 0) is 4.43 Å². The highest BCUT2D eigenvalue weighted by molar-refractivity contribution is 6.74. The van der Waals surface area contributed by atoms with Gasteiger partial charge in [-0.15, -0.1) is 0 Å². The Labute approximate surface area is 133 Å². The van der Waals surface area contributed by atoms with Crippen molar-refractivity contribution in [1.29, 1.82) is 0 Å². The molecule has 0 saturated heterocycles. The lowest BCUT2D eigenvalue weighted by Crippen LogP contribution is -2.45. The van der Waals surface area contributed by atoms with Crippen molar-refractivity contribution < 1.29 is 18.7 Å². The van der Waals surface area contributed by atoms with E-state index in [1.54, 1.807) is 25.1 Å². The zero-order valence-electron chi connectivity index (χ0n) is 14.4. The van der Waals surface area contributed by atoms with Crippen LogP contribution < -0.4 is 9.47 Å². The van der Waals surface area contributed by atoms with E-state index in [1.165, 1.54) is 0 Å². The highest BCUT2D eigenvalue weighted by atomic mass is 28.4. The van der Waals surface area contributed by atoms with Gasteiger partial charge in [0.1, 0.15) is 6.61 Å². The third-order valence-corrected chi connectivity index (χ3v) is 9.01. The van der Waals surface area contributed by atoms with Gasteiger partial charge in [-0.25, -0.2) is 0 Å². The minimum Gasteiger partial charge on any atom is -0.486 e. The molecule has 1 aromatic rings. The Morgan fingerprint density at radius 3 is 2.59 bits per heavy atom. The molecule has 4 nitrogen and oxygen atoms in total. The minimum atomic E-state index is -1.80. The first-order valence-electron chi connectivity index (χ1n) is 7.68. The molecule has 1 aliphatic heterocycles. The highest BCUT2D eigenvalue weighted by Gasteiger charge is 2.38. The topological polar surface area (TPSA) is 44.8 Å². The van der Waals surface area contributed by atoms with E-state index in [0.717, 1.165) is 0 Å². The molecule has 0 bridgehead atoms. The molecule has 0 N–H and O–H groups in total. The molecule has 0 fully saturated rings. The zero-order valence-corrected chi connectivity index (χ0v) is 15.4. The highest BCUT2D eigenvalue weighted by Crippen LogP contribution is 2.37. The molecule has 0 aromatic heterocycles. The lowest BCUT2D eigenvalue weighted by atomic mass is 10.1. The second-order valence-electron chi connectivity index (χ2n) is 7.34. The molecule has 22 heavy (non-hydrogen) atoms. The molecule has 0 saturated carbocycles. The fraction of sp³-hybridized carbons (Fsp3) is 0.588. The monoisotopic (exact) mass is 322 g/mol. The number of hydrogen-bond acceptors (Lipinski definition) is 4. The fourth-order valence-electron chi connectivity index (χ4n) is 1.93. The summed E-state index contributed by atoms with van der Waals surface area (Å²) in [5.74, 6) is 1.34. The van der Waals surface area contributed by atoms with E-state index in [1.807, 2.05) is 0 Å². The van der Waals surface area contributed by atoms with Crippen LogP contribution in [0.15, 0.2) is 18.2 Å². The van der Waals surface area contributed by atoms with E-state index >= 15 is 0 Å². The maximum absolute atomic E-state index is 11.5. The molecule has 1 aliphatic rings. The number of hydrogen-bond donors (Lipinski definition) is 0. The van der Waals surface area contributed by atoms with Crippen LogP contribution in [0.2, 0.25) is 18.1 Å². The molecule has 1 heterocycles. The fourth-order valence-corrected chi connectivity index (χ4v) is 2.97. The number of carbonyl (C=O) groups is 1. The van der Waals surface area contributed by atoms with Crippen LogP contribution in [0, 0.1) is 0 Å². The largest absolute Gasteiger partial charge is 0.486 e. The van der Waals surface area contributed by atoms with Gasteiger partial charge >= 0.3 is 0 Å². The maximum atomic E-state index is 11.5. The smallest absolute Gasteiger partial charge is 0.192 e. The van der Waals surface area contributed by atoms with Crippen molar-refractivity contribution in [1.82, 2.24) is 0 Å². The number of fused-ring (bicyclic) bond motifs is 1. The van der Waals surface area contributed by atoms with E-state index in [9.17, 15) is 4.79 Å². The van der Waals surface area contributed by atoms with Gasteiger partial charge in [0.05, 0.1) is 6.61 Å². The van der Waals surface area contributed by atoms with Crippen LogP contribution >= 0.6 is 0 Å². The van der Waals surface area contributed by atoms with Crippen LogP contribution in [0.25, 0.3) is 0 Å². The Hall–Kier alpha value is -1.33. The summed E-state index contributed by atoms with van der Waals surface area (Å²) in [7, 11) is -1.80. The summed E-state index contributed by atoms with van der Waals surface area (Å²) >= 11 is 0. The van der Waals surface area contributed by atoms with Crippen LogP contribution in [0.4, 0.5) is 0 Å². The Balaban J connectivity index is 2.03. The SMILES string of the molecule is CC(=O)c1ccc2c(c1)O[C@@H](CO[Si](C)(C)C(C)(C)C)CO2. The van der Waals surface area contributed by atoms with Crippen LogP contribution in [-0.4, -0.2) is 33.4 Å². The number of Topliss-reactive ketones (excluding diaryl/α,β-unsaturated/α-hetero) is 1. The van der Waals surface area contributed by atoms with E-state index < -0.39 is 8.32 Å². The average molecular weight is 322 g/mol. The molecule has 122 valence electrons. The average Bonchev–Trinajstić information content (AvgIpc) is 2.43. The van der Waals surface area contributed by atoms with Gasteiger partial charge in [0.2, 0.25) is 0 Å². The summed E-state index contributed by atoms with van der Waals surface area (Å²) in [6, 6.07) is 5.30. The van der Waals surface area contributed by atoms with Crippen LogP contribution in [0.5, 0.6) is 11.5 Å². The number of rotatable bonds is 4. The van der Waals surface area contributed by atoms with Crippen molar-refractivity contribution in [2.24, 2.45) is 0 Å². The van der Waals surface area contributed by atoms with Gasteiger partial charge in [0, 0.05) is 5.56 Å². The molecule has 0 aliphatic carbocycles. The van der Waals surface area contributed by atoms with Crippen LogP contribution in [0.3, 0.4) is 0 Å². The van der Waals surface area contributed by atoms with Gasteiger partial charge < -0.3 is 13.9 Å². The molecule has 0 amide bonds. The molecular weight excluding hydrogens is 296 g/mol. The number of carbonyl (C=O) groups excluding carboxylic acids is 1. The molecule has 5 heteroatoms. The quantitative estimate of drug-likeness (QED) is 0.619. The van der Waals surface area contributed by atoms with Gasteiger partial charge in [0.15, 0.2) is 31.7 Å². The summed E-state index contributed by atoms with van der Waals surface area (Å²) in [5, 5.41) is 0.169. The third-order valence-electron chi connectivity index (χ3n) is 4.50. The minimum absolute atomic E-state index is 0.0195. The van der Waals surface area contributed by atoms with E-state index in [4.69, 9.17) is 13.9 Å². The Morgan fingerprint density at radius 2 is 2.00 bits per heavy atom. The van der Waals surface area contributed by atoms with Gasteiger partial charge in [0.25, 0.3) is 0 Å². The summed E-state index contributed by atoms with van der Waals surface area (Å²) in [4.78, 5) is 11.5.